The lowest BCUT2D eigenvalue weighted by atomic mass is 10.1. The highest BCUT2D eigenvalue weighted by atomic mass is 19.1. The van der Waals surface area contributed by atoms with Gasteiger partial charge in [0.2, 0.25) is 5.91 Å². The monoisotopic (exact) mass is 414 g/mol. The fourth-order valence-corrected chi connectivity index (χ4v) is 3.04. The number of nitrogens with zero attached hydrogens (tertiary/aromatic N) is 1. The summed E-state index contributed by atoms with van der Waals surface area (Å²) in [6, 6.07) is 11.2. The molecule has 0 fully saturated rings. The molecule has 2 amide bonds. The average Bonchev–Trinajstić information content (AvgIpc) is 2.71. The maximum atomic E-state index is 14.2. The second-order valence-corrected chi connectivity index (χ2v) is 7.66. The van der Waals surface area contributed by atoms with Crippen LogP contribution >= 0.6 is 0 Å². The number of aryl methyl sites for hydroxylation is 2. The number of ether oxygens (including phenoxy) is 1. The summed E-state index contributed by atoms with van der Waals surface area (Å²) in [5.41, 5.74) is 2.37. The van der Waals surface area contributed by atoms with Crippen LogP contribution in [0.4, 0.5) is 4.39 Å². The maximum Gasteiger partial charge on any atom is 0.261 e. The zero-order valence-corrected chi connectivity index (χ0v) is 18.4. The predicted molar refractivity (Wildman–Crippen MR) is 116 cm³/mol. The van der Waals surface area contributed by atoms with Crippen molar-refractivity contribution in [2.24, 2.45) is 0 Å². The molecule has 2 aromatic carbocycles. The lowest BCUT2D eigenvalue weighted by Gasteiger charge is -2.29. The highest BCUT2D eigenvalue weighted by Gasteiger charge is 2.28. The minimum absolute atomic E-state index is 0.0168. The molecule has 6 heteroatoms. The fraction of sp³-hybridized carbons (Fsp3) is 0.417. The number of carbonyl (C=O) groups excluding carboxylic acids is 2. The molecule has 1 N–H and O–H groups in total. The number of carbonyl (C=O) groups is 2. The van der Waals surface area contributed by atoms with E-state index in [1.807, 2.05) is 45.9 Å². The molecule has 2 atom stereocenters. The molecular formula is C24H31FN2O3. The molecule has 0 saturated carbocycles. The van der Waals surface area contributed by atoms with Crippen LogP contribution in [0.25, 0.3) is 0 Å². The van der Waals surface area contributed by atoms with E-state index in [0.29, 0.717) is 11.3 Å². The van der Waals surface area contributed by atoms with E-state index in [-0.39, 0.29) is 31.0 Å². The molecule has 0 unspecified atom stereocenters. The predicted octanol–water partition coefficient (Wildman–Crippen LogP) is 4.15. The number of hydrogen-bond donors (Lipinski definition) is 1. The van der Waals surface area contributed by atoms with Crippen molar-refractivity contribution in [3.05, 3.63) is 65.0 Å². The summed E-state index contributed by atoms with van der Waals surface area (Å²) in [5, 5.41) is 2.89. The Labute approximate surface area is 178 Å². The van der Waals surface area contributed by atoms with Crippen molar-refractivity contribution in [2.45, 2.75) is 59.7 Å². The number of halogens is 1. The summed E-state index contributed by atoms with van der Waals surface area (Å²) in [6.45, 7) is 9.15. The molecule has 5 nitrogen and oxygen atoms in total. The van der Waals surface area contributed by atoms with Gasteiger partial charge in [0.1, 0.15) is 17.6 Å². The summed E-state index contributed by atoms with van der Waals surface area (Å²) in [4.78, 5) is 27.0. The molecule has 0 bridgehead atoms. The first kappa shape index (κ1) is 23.4. The molecule has 2 rings (SSSR count). The van der Waals surface area contributed by atoms with E-state index in [0.717, 1.165) is 17.5 Å². The molecule has 0 radical (unpaired) electrons. The molecule has 162 valence electrons. The van der Waals surface area contributed by atoms with Gasteiger partial charge < -0.3 is 15.0 Å². The third-order valence-corrected chi connectivity index (χ3v) is 5.15. The Morgan fingerprint density at radius 1 is 1.13 bits per heavy atom. The second-order valence-electron chi connectivity index (χ2n) is 7.66. The summed E-state index contributed by atoms with van der Waals surface area (Å²) in [7, 11) is 0. The van der Waals surface area contributed by atoms with Crippen molar-refractivity contribution < 1.29 is 18.7 Å². The van der Waals surface area contributed by atoms with Gasteiger partial charge in [-0.2, -0.15) is 0 Å². The zero-order chi connectivity index (χ0) is 22.3. The number of amides is 2. The lowest BCUT2D eigenvalue weighted by molar-refractivity contribution is -0.142. The molecule has 0 spiro atoms. The highest BCUT2D eigenvalue weighted by molar-refractivity contribution is 5.88. The van der Waals surface area contributed by atoms with Crippen molar-refractivity contribution in [3.63, 3.8) is 0 Å². The van der Waals surface area contributed by atoms with Gasteiger partial charge in [-0.05, 0) is 51.8 Å². The summed E-state index contributed by atoms with van der Waals surface area (Å²) in [6.07, 6.45) is 0.773. The normalized spacial score (nSPS) is 12.7. The molecule has 0 aromatic heterocycles. The van der Waals surface area contributed by atoms with E-state index in [9.17, 15) is 14.0 Å². The number of hydrogen-bond acceptors (Lipinski definition) is 3. The van der Waals surface area contributed by atoms with E-state index in [1.165, 1.54) is 11.0 Å². The minimum atomic E-state index is -0.770. The summed E-state index contributed by atoms with van der Waals surface area (Å²) >= 11 is 0. The van der Waals surface area contributed by atoms with Gasteiger partial charge in [-0.15, -0.1) is 0 Å². The molecule has 0 aliphatic heterocycles. The molecule has 0 aliphatic carbocycles. The molecule has 0 heterocycles. The van der Waals surface area contributed by atoms with Crippen molar-refractivity contribution in [1.29, 1.82) is 0 Å². The Kier molecular flexibility index (Phi) is 8.39. The third kappa shape index (κ3) is 6.31. The Hall–Kier alpha value is -2.89. The first-order valence-corrected chi connectivity index (χ1v) is 10.3. The Morgan fingerprint density at radius 3 is 2.47 bits per heavy atom. The van der Waals surface area contributed by atoms with E-state index in [4.69, 9.17) is 4.74 Å². The van der Waals surface area contributed by atoms with Crippen LogP contribution in [0.2, 0.25) is 0 Å². The maximum absolute atomic E-state index is 14.2. The van der Waals surface area contributed by atoms with Gasteiger partial charge in [-0.1, -0.05) is 42.8 Å². The Balaban J connectivity index is 2.19. The number of benzene rings is 2. The largest absolute Gasteiger partial charge is 0.483 e. The second kappa shape index (κ2) is 10.8. The number of rotatable bonds is 9. The van der Waals surface area contributed by atoms with E-state index in [2.05, 4.69) is 5.32 Å². The molecule has 2 aromatic rings. The summed E-state index contributed by atoms with van der Waals surface area (Å²) < 4.78 is 19.9. The van der Waals surface area contributed by atoms with Gasteiger partial charge in [-0.3, -0.25) is 9.59 Å². The van der Waals surface area contributed by atoms with Gasteiger partial charge in [-0.25, -0.2) is 4.39 Å². The minimum Gasteiger partial charge on any atom is -0.483 e. The SMILES string of the molecule is CC[C@@H](C)NC(=O)[C@@H](C)N(Cc1ccccc1F)C(=O)COc1ccc(C)cc1C. The van der Waals surface area contributed by atoms with Crippen LogP contribution in [-0.2, 0) is 16.1 Å². The van der Waals surface area contributed by atoms with Crippen LogP contribution < -0.4 is 10.1 Å². The first-order chi connectivity index (χ1) is 14.2. The van der Waals surface area contributed by atoms with Crippen molar-refractivity contribution in [1.82, 2.24) is 10.2 Å². The van der Waals surface area contributed by atoms with Crippen LogP contribution in [0.15, 0.2) is 42.5 Å². The van der Waals surface area contributed by atoms with Gasteiger partial charge in [0.25, 0.3) is 5.91 Å². The van der Waals surface area contributed by atoms with Gasteiger partial charge in [0.05, 0.1) is 0 Å². The van der Waals surface area contributed by atoms with Gasteiger partial charge in [0, 0.05) is 18.2 Å². The van der Waals surface area contributed by atoms with Crippen LogP contribution in [0.1, 0.15) is 43.9 Å². The van der Waals surface area contributed by atoms with E-state index < -0.39 is 11.9 Å². The first-order valence-electron chi connectivity index (χ1n) is 10.3. The standard InChI is InChI=1S/C24H31FN2O3/c1-6-18(4)26-24(29)19(5)27(14-20-9-7-8-10-21(20)25)23(28)15-30-22-12-11-16(2)13-17(22)3/h7-13,18-19H,6,14-15H2,1-5H3,(H,26,29)/t18-,19-/m1/s1. The van der Waals surface area contributed by atoms with Crippen molar-refractivity contribution in [2.75, 3.05) is 6.61 Å². The van der Waals surface area contributed by atoms with Gasteiger partial charge in [0.15, 0.2) is 6.61 Å². The smallest absolute Gasteiger partial charge is 0.261 e. The topological polar surface area (TPSA) is 58.6 Å². The van der Waals surface area contributed by atoms with Crippen molar-refractivity contribution >= 4 is 11.8 Å². The fourth-order valence-electron chi connectivity index (χ4n) is 3.04. The quantitative estimate of drug-likeness (QED) is 0.671. The molecular weight excluding hydrogens is 383 g/mol. The Bertz CT molecular complexity index is 885. The van der Waals surface area contributed by atoms with Crippen LogP contribution in [-0.4, -0.2) is 35.4 Å². The third-order valence-electron chi connectivity index (χ3n) is 5.15. The van der Waals surface area contributed by atoms with E-state index >= 15 is 0 Å². The van der Waals surface area contributed by atoms with Crippen LogP contribution in [0.3, 0.4) is 0 Å². The molecule has 0 saturated heterocycles. The summed E-state index contributed by atoms with van der Waals surface area (Å²) in [5.74, 6) is -0.470. The average molecular weight is 415 g/mol. The van der Waals surface area contributed by atoms with E-state index in [1.54, 1.807) is 25.1 Å². The number of nitrogens with one attached hydrogen (secondary N) is 1. The molecule has 0 aliphatic rings. The van der Waals surface area contributed by atoms with Crippen molar-refractivity contribution in [3.8, 4) is 5.75 Å². The Morgan fingerprint density at radius 2 is 1.83 bits per heavy atom. The lowest BCUT2D eigenvalue weighted by Crippen LogP contribution is -2.50. The highest BCUT2D eigenvalue weighted by Crippen LogP contribution is 2.19. The zero-order valence-electron chi connectivity index (χ0n) is 18.4. The van der Waals surface area contributed by atoms with Crippen LogP contribution in [0, 0.1) is 19.7 Å². The van der Waals surface area contributed by atoms with Crippen LogP contribution in [0.5, 0.6) is 5.75 Å². The van der Waals surface area contributed by atoms with Gasteiger partial charge >= 0.3 is 0 Å². The molecule has 30 heavy (non-hydrogen) atoms.